The van der Waals surface area contributed by atoms with Gasteiger partial charge in [0, 0.05) is 51.1 Å². The molecular weight excluding hydrogens is 302 g/mol. The third-order valence-corrected chi connectivity index (χ3v) is 5.05. The van der Waals surface area contributed by atoms with Crippen molar-refractivity contribution in [1.82, 2.24) is 19.8 Å². The van der Waals surface area contributed by atoms with E-state index in [1.54, 1.807) is 0 Å². The normalized spacial score (nSPS) is 18.6. The third-order valence-electron chi connectivity index (χ3n) is 5.05. The highest BCUT2D eigenvalue weighted by Gasteiger charge is 2.27. The van der Waals surface area contributed by atoms with Gasteiger partial charge in [0.25, 0.3) is 0 Å². The zero-order valence-electron chi connectivity index (χ0n) is 15.2. The Bertz CT molecular complexity index is 595. The minimum atomic E-state index is 0.271. The third kappa shape index (κ3) is 3.69. The summed E-state index contributed by atoms with van der Waals surface area (Å²) in [6, 6.07) is 0. The second-order valence-corrected chi connectivity index (χ2v) is 6.98. The van der Waals surface area contributed by atoms with E-state index in [0.29, 0.717) is 13.0 Å². The molecule has 2 aliphatic heterocycles. The number of likely N-dealkylation sites (N-methyl/N-ethyl adjacent to an activating group) is 1. The quantitative estimate of drug-likeness (QED) is 0.839. The first-order chi connectivity index (χ1) is 11.6. The molecule has 0 bridgehead atoms. The SMILES string of the molecule is CCCCC(=O)N1CCc2nc(C)nc(N3CCN(C)CC3)c2C1. The molecule has 0 N–H and O–H groups in total. The summed E-state index contributed by atoms with van der Waals surface area (Å²) in [4.78, 5) is 28.5. The van der Waals surface area contributed by atoms with Gasteiger partial charge >= 0.3 is 0 Å². The van der Waals surface area contributed by atoms with Gasteiger partial charge in [-0.15, -0.1) is 0 Å². The lowest BCUT2D eigenvalue weighted by molar-refractivity contribution is -0.132. The van der Waals surface area contributed by atoms with E-state index in [0.717, 1.165) is 69.3 Å². The van der Waals surface area contributed by atoms with E-state index in [-0.39, 0.29) is 5.91 Å². The number of carbonyl (C=O) groups is 1. The fourth-order valence-electron chi connectivity index (χ4n) is 3.50. The van der Waals surface area contributed by atoms with Crippen LogP contribution in [0, 0.1) is 6.92 Å². The van der Waals surface area contributed by atoms with Crippen molar-refractivity contribution in [3.8, 4) is 0 Å². The van der Waals surface area contributed by atoms with E-state index in [1.165, 1.54) is 5.56 Å². The Morgan fingerprint density at radius 2 is 1.88 bits per heavy atom. The maximum atomic E-state index is 12.4. The monoisotopic (exact) mass is 331 g/mol. The van der Waals surface area contributed by atoms with Crippen molar-refractivity contribution in [1.29, 1.82) is 0 Å². The van der Waals surface area contributed by atoms with E-state index < -0.39 is 0 Å². The van der Waals surface area contributed by atoms with Gasteiger partial charge in [-0.05, 0) is 20.4 Å². The lowest BCUT2D eigenvalue weighted by Crippen LogP contribution is -2.46. The molecule has 2 aliphatic rings. The lowest BCUT2D eigenvalue weighted by Gasteiger charge is -2.37. The number of rotatable bonds is 4. The number of unbranched alkanes of at least 4 members (excludes halogenated alkanes) is 1. The standard InChI is InChI=1S/C18H29N5O/c1-4-5-6-17(24)23-8-7-16-15(13-23)18(20-14(2)19-16)22-11-9-21(3)10-12-22/h4-13H2,1-3H3. The molecule has 0 saturated carbocycles. The molecule has 24 heavy (non-hydrogen) atoms. The molecule has 1 amide bonds. The van der Waals surface area contributed by atoms with Crippen molar-refractivity contribution in [3.63, 3.8) is 0 Å². The fraction of sp³-hybridized carbons (Fsp3) is 0.722. The molecule has 0 aromatic carbocycles. The number of aryl methyl sites for hydroxylation is 1. The highest BCUT2D eigenvalue weighted by Crippen LogP contribution is 2.27. The largest absolute Gasteiger partial charge is 0.354 e. The second kappa shape index (κ2) is 7.47. The van der Waals surface area contributed by atoms with Crippen molar-refractivity contribution in [3.05, 3.63) is 17.1 Å². The Morgan fingerprint density at radius 1 is 1.12 bits per heavy atom. The smallest absolute Gasteiger partial charge is 0.222 e. The Morgan fingerprint density at radius 3 is 2.58 bits per heavy atom. The van der Waals surface area contributed by atoms with Crippen molar-refractivity contribution in [2.75, 3.05) is 44.7 Å². The number of hydrogen-bond acceptors (Lipinski definition) is 5. The topological polar surface area (TPSA) is 52.6 Å². The first-order valence-electron chi connectivity index (χ1n) is 9.16. The minimum Gasteiger partial charge on any atom is -0.354 e. The van der Waals surface area contributed by atoms with Gasteiger partial charge in [0.15, 0.2) is 0 Å². The summed E-state index contributed by atoms with van der Waals surface area (Å²) in [5.74, 6) is 2.17. The van der Waals surface area contributed by atoms with E-state index in [2.05, 4.69) is 28.8 Å². The molecular formula is C18H29N5O. The van der Waals surface area contributed by atoms with Gasteiger partial charge in [-0.2, -0.15) is 0 Å². The van der Waals surface area contributed by atoms with Crippen LogP contribution in [0.1, 0.15) is 43.3 Å². The first kappa shape index (κ1) is 17.1. The van der Waals surface area contributed by atoms with Gasteiger partial charge in [0.05, 0.1) is 12.2 Å². The predicted molar refractivity (Wildman–Crippen MR) is 95.1 cm³/mol. The summed E-state index contributed by atoms with van der Waals surface area (Å²) in [5, 5.41) is 0. The average Bonchev–Trinajstić information content (AvgIpc) is 2.59. The van der Waals surface area contributed by atoms with Crippen LogP contribution in [-0.4, -0.2) is 65.4 Å². The van der Waals surface area contributed by atoms with Gasteiger partial charge in [-0.1, -0.05) is 13.3 Å². The summed E-state index contributed by atoms with van der Waals surface area (Å²) < 4.78 is 0. The summed E-state index contributed by atoms with van der Waals surface area (Å²) in [5.41, 5.74) is 2.30. The van der Waals surface area contributed by atoms with Crippen LogP contribution in [0.25, 0.3) is 0 Å². The molecule has 1 aromatic rings. The highest BCUT2D eigenvalue weighted by molar-refractivity contribution is 5.76. The van der Waals surface area contributed by atoms with Crippen LogP contribution in [0.4, 0.5) is 5.82 Å². The Kier molecular flexibility index (Phi) is 5.33. The van der Waals surface area contributed by atoms with Crippen LogP contribution in [0.2, 0.25) is 0 Å². The van der Waals surface area contributed by atoms with E-state index >= 15 is 0 Å². The van der Waals surface area contributed by atoms with Crippen LogP contribution in [-0.2, 0) is 17.8 Å². The number of nitrogens with zero attached hydrogens (tertiary/aromatic N) is 5. The lowest BCUT2D eigenvalue weighted by atomic mass is 10.0. The van der Waals surface area contributed by atoms with Crippen LogP contribution in [0.15, 0.2) is 0 Å². The molecule has 0 unspecified atom stereocenters. The number of piperazine rings is 1. The molecule has 1 aromatic heterocycles. The summed E-state index contributed by atoms with van der Waals surface area (Å²) >= 11 is 0. The van der Waals surface area contributed by atoms with E-state index in [1.807, 2.05) is 11.8 Å². The molecule has 132 valence electrons. The van der Waals surface area contributed by atoms with Crippen molar-refractivity contribution >= 4 is 11.7 Å². The average molecular weight is 331 g/mol. The molecule has 0 aliphatic carbocycles. The molecule has 0 spiro atoms. The van der Waals surface area contributed by atoms with Crippen LogP contribution in [0.5, 0.6) is 0 Å². The van der Waals surface area contributed by atoms with Gasteiger partial charge in [0.1, 0.15) is 11.6 Å². The van der Waals surface area contributed by atoms with E-state index in [4.69, 9.17) is 4.98 Å². The van der Waals surface area contributed by atoms with Crippen molar-refractivity contribution < 1.29 is 4.79 Å². The maximum Gasteiger partial charge on any atom is 0.222 e. The van der Waals surface area contributed by atoms with Crippen molar-refractivity contribution in [2.24, 2.45) is 0 Å². The first-order valence-corrected chi connectivity index (χ1v) is 9.16. The zero-order valence-corrected chi connectivity index (χ0v) is 15.2. The highest BCUT2D eigenvalue weighted by atomic mass is 16.2. The van der Waals surface area contributed by atoms with Gasteiger partial charge in [-0.25, -0.2) is 9.97 Å². The second-order valence-electron chi connectivity index (χ2n) is 6.98. The summed E-state index contributed by atoms with van der Waals surface area (Å²) in [6.45, 7) is 9.63. The zero-order chi connectivity index (χ0) is 17.1. The molecule has 3 heterocycles. The molecule has 0 atom stereocenters. The van der Waals surface area contributed by atoms with Crippen LogP contribution < -0.4 is 4.90 Å². The van der Waals surface area contributed by atoms with Gasteiger partial charge in [0.2, 0.25) is 5.91 Å². The molecule has 3 rings (SSSR count). The molecule has 1 saturated heterocycles. The number of aromatic nitrogens is 2. The Hall–Kier alpha value is -1.69. The van der Waals surface area contributed by atoms with Gasteiger partial charge in [-0.3, -0.25) is 4.79 Å². The fourth-order valence-corrected chi connectivity index (χ4v) is 3.50. The summed E-state index contributed by atoms with van der Waals surface area (Å²) in [6.07, 6.45) is 3.53. The van der Waals surface area contributed by atoms with Gasteiger partial charge < -0.3 is 14.7 Å². The Balaban J connectivity index is 1.82. The number of carbonyl (C=O) groups excluding carboxylic acids is 1. The van der Waals surface area contributed by atoms with Crippen LogP contribution >= 0.6 is 0 Å². The number of hydrogen-bond donors (Lipinski definition) is 0. The molecule has 6 heteroatoms. The number of amides is 1. The van der Waals surface area contributed by atoms with Crippen LogP contribution in [0.3, 0.4) is 0 Å². The van der Waals surface area contributed by atoms with E-state index in [9.17, 15) is 4.79 Å². The number of anilines is 1. The number of fused-ring (bicyclic) bond motifs is 1. The Labute approximate surface area is 144 Å². The molecule has 1 fully saturated rings. The maximum absolute atomic E-state index is 12.4. The predicted octanol–water partition coefficient (Wildman–Crippen LogP) is 1.61. The molecule has 6 nitrogen and oxygen atoms in total. The summed E-state index contributed by atoms with van der Waals surface area (Å²) in [7, 11) is 2.16. The molecule has 0 radical (unpaired) electrons. The van der Waals surface area contributed by atoms with Crippen molar-refractivity contribution in [2.45, 2.75) is 46.1 Å². The minimum absolute atomic E-state index is 0.271.